The predicted octanol–water partition coefficient (Wildman–Crippen LogP) is 4.51. The van der Waals surface area contributed by atoms with Crippen molar-refractivity contribution in [2.45, 2.75) is 107 Å². The predicted molar refractivity (Wildman–Crippen MR) is 164 cm³/mol. The van der Waals surface area contributed by atoms with Crippen LogP contribution in [0.1, 0.15) is 92.7 Å². The largest absolute Gasteiger partial charge is 0.459 e. The van der Waals surface area contributed by atoms with Crippen molar-refractivity contribution in [3.63, 3.8) is 0 Å². The summed E-state index contributed by atoms with van der Waals surface area (Å²) >= 11 is 0. The number of nitrogens with zero attached hydrogens (tertiary/aromatic N) is 3. The lowest BCUT2D eigenvalue weighted by atomic mass is 9.89. The highest BCUT2D eigenvalue weighted by Crippen LogP contribution is 2.44. The Morgan fingerprint density at radius 2 is 1.51 bits per heavy atom. The maximum absolute atomic E-state index is 14.0. The molecule has 9 heteroatoms. The molecule has 0 radical (unpaired) electrons. The number of nitrogens with one attached hydrogen (secondary N) is 1. The first-order valence-electron chi connectivity index (χ1n) is 15.9. The molecule has 2 N–H and O–H groups in total. The molecular formula is C34H42N4O5. The van der Waals surface area contributed by atoms with E-state index in [2.05, 4.69) is 15.2 Å². The number of hydrogen-bond acceptors (Lipinski definition) is 7. The quantitative estimate of drug-likeness (QED) is 0.374. The summed E-state index contributed by atoms with van der Waals surface area (Å²) < 4.78 is 7.10. The monoisotopic (exact) mass is 586 g/mol. The Kier molecular flexibility index (Phi) is 9.19. The van der Waals surface area contributed by atoms with Gasteiger partial charge in [-0.25, -0.2) is 9.78 Å². The van der Waals surface area contributed by atoms with Crippen LogP contribution in [0.2, 0.25) is 0 Å². The third-order valence-corrected chi connectivity index (χ3v) is 9.63. The molecule has 3 aromatic rings. The molecule has 1 unspecified atom stereocenters. The zero-order valence-electron chi connectivity index (χ0n) is 24.7. The summed E-state index contributed by atoms with van der Waals surface area (Å²) in [7, 11) is 0. The number of ether oxygens (including phenoxy) is 1. The van der Waals surface area contributed by atoms with Crippen LogP contribution in [0.15, 0.2) is 59.4 Å². The van der Waals surface area contributed by atoms with Crippen LogP contribution in [0.3, 0.4) is 0 Å². The molecule has 228 valence electrons. The number of hydrogen-bond donors (Lipinski definition) is 2. The first-order chi connectivity index (χ1) is 21.0. The lowest BCUT2D eigenvalue weighted by molar-refractivity contribution is -0.148. The SMILES string of the molecule is O=C(N[C@@H](CO)C(=O)OCc1ccccc1)c1nc2ccccc2n(C2C[C@H]3CC[C@@H](C2)N3C2CCCCCCC2)c1=O. The maximum Gasteiger partial charge on any atom is 0.331 e. The highest BCUT2D eigenvalue weighted by atomic mass is 16.5. The molecule has 1 aromatic heterocycles. The number of amides is 1. The van der Waals surface area contributed by atoms with Crippen LogP contribution in [0, 0.1) is 0 Å². The summed E-state index contributed by atoms with van der Waals surface area (Å²) in [5.74, 6) is -1.57. The number of fused-ring (bicyclic) bond motifs is 3. The summed E-state index contributed by atoms with van der Waals surface area (Å²) in [6.45, 7) is -0.654. The van der Waals surface area contributed by atoms with E-state index in [1.807, 2.05) is 48.5 Å². The van der Waals surface area contributed by atoms with Gasteiger partial charge in [-0.1, -0.05) is 74.6 Å². The number of rotatable bonds is 8. The molecule has 6 rings (SSSR count). The van der Waals surface area contributed by atoms with Crippen LogP contribution in [-0.2, 0) is 16.1 Å². The number of aromatic nitrogens is 2. The lowest BCUT2D eigenvalue weighted by Gasteiger charge is -2.45. The Bertz CT molecular complexity index is 1470. The van der Waals surface area contributed by atoms with Crippen LogP contribution in [0.5, 0.6) is 0 Å². The molecule has 9 nitrogen and oxygen atoms in total. The second kappa shape index (κ2) is 13.4. The molecule has 2 bridgehead atoms. The van der Waals surface area contributed by atoms with Gasteiger partial charge in [-0.2, -0.15) is 0 Å². The second-order valence-electron chi connectivity index (χ2n) is 12.4. The maximum atomic E-state index is 14.0. The molecule has 1 aliphatic carbocycles. The smallest absolute Gasteiger partial charge is 0.331 e. The average molecular weight is 587 g/mol. The summed E-state index contributed by atoms with van der Waals surface area (Å²) in [5, 5.41) is 12.4. The fourth-order valence-corrected chi connectivity index (χ4v) is 7.62. The van der Waals surface area contributed by atoms with Gasteiger partial charge in [0.1, 0.15) is 6.61 Å². The number of carbonyl (C=O) groups is 2. The molecule has 4 atom stereocenters. The zero-order valence-corrected chi connectivity index (χ0v) is 24.7. The number of carbonyl (C=O) groups excluding carboxylic acids is 2. The molecule has 1 saturated carbocycles. The van der Waals surface area contributed by atoms with E-state index in [1.165, 1.54) is 44.9 Å². The number of esters is 1. The molecule has 2 saturated heterocycles. The van der Waals surface area contributed by atoms with Gasteiger partial charge in [0.15, 0.2) is 11.7 Å². The van der Waals surface area contributed by atoms with Crippen molar-refractivity contribution in [1.82, 2.24) is 19.8 Å². The fourth-order valence-electron chi connectivity index (χ4n) is 7.62. The number of para-hydroxylation sites is 2. The summed E-state index contributed by atoms with van der Waals surface area (Å²) in [6.07, 6.45) is 13.2. The molecule has 2 aromatic carbocycles. The molecule has 3 fully saturated rings. The third-order valence-electron chi connectivity index (χ3n) is 9.63. The van der Waals surface area contributed by atoms with E-state index < -0.39 is 30.1 Å². The van der Waals surface area contributed by atoms with Gasteiger partial charge in [-0.15, -0.1) is 0 Å². The minimum atomic E-state index is -1.32. The lowest BCUT2D eigenvalue weighted by Crippen LogP contribution is -2.51. The highest BCUT2D eigenvalue weighted by Gasteiger charge is 2.44. The molecule has 43 heavy (non-hydrogen) atoms. The van der Waals surface area contributed by atoms with Crippen molar-refractivity contribution in [1.29, 1.82) is 0 Å². The number of piperidine rings is 1. The van der Waals surface area contributed by atoms with E-state index in [9.17, 15) is 19.5 Å². The Morgan fingerprint density at radius 3 is 2.21 bits per heavy atom. The normalized spacial score (nSPS) is 23.8. The van der Waals surface area contributed by atoms with Crippen molar-refractivity contribution in [3.8, 4) is 0 Å². The summed E-state index contributed by atoms with van der Waals surface area (Å²) in [6, 6.07) is 16.7. The number of benzene rings is 2. The van der Waals surface area contributed by atoms with E-state index in [4.69, 9.17) is 4.74 Å². The van der Waals surface area contributed by atoms with E-state index in [-0.39, 0.29) is 18.3 Å². The molecule has 0 spiro atoms. The Morgan fingerprint density at radius 1 is 0.860 bits per heavy atom. The molecule has 1 amide bonds. The van der Waals surface area contributed by atoms with Gasteiger partial charge in [-0.3, -0.25) is 14.5 Å². The summed E-state index contributed by atoms with van der Waals surface area (Å²) in [4.78, 5) is 47.4. The van der Waals surface area contributed by atoms with Gasteiger partial charge >= 0.3 is 5.97 Å². The van der Waals surface area contributed by atoms with Crippen LogP contribution in [0.25, 0.3) is 11.0 Å². The molecule has 3 aliphatic rings. The van der Waals surface area contributed by atoms with E-state index >= 15 is 0 Å². The minimum Gasteiger partial charge on any atom is -0.459 e. The van der Waals surface area contributed by atoms with Crippen LogP contribution < -0.4 is 10.9 Å². The standard InChI is InChI=1S/C34H42N4O5/c39-21-29(34(42)43-22-23-11-5-4-6-12-23)36-32(40)31-33(41)38(30-16-10-9-15-28(30)35-31)27-19-25-17-18-26(20-27)37(25)24-13-7-2-1-3-8-14-24/h4-6,9-12,15-16,24-27,29,39H,1-3,7-8,13-14,17-22H2,(H,36,40)/t25-,26+,27?,29-/m0/s1. The van der Waals surface area contributed by atoms with E-state index in [0.717, 1.165) is 31.2 Å². The Labute approximate surface area is 252 Å². The van der Waals surface area contributed by atoms with Gasteiger partial charge in [0, 0.05) is 24.2 Å². The number of aliphatic hydroxyl groups is 1. The van der Waals surface area contributed by atoms with Gasteiger partial charge in [-0.05, 0) is 56.2 Å². The van der Waals surface area contributed by atoms with Gasteiger partial charge in [0.05, 0.1) is 17.6 Å². The topological polar surface area (TPSA) is 114 Å². The van der Waals surface area contributed by atoms with Gasteiger partial charge in [0.2, 0.25) is 0 Å². The molecular weight excluding hydrogens is 544 g/mol. The van der Waals surface area contributed by atoms with Crippen molar-refractivity contribution < 1.29 is 19.4 Å². The van der Waals surface area contributed by atoms with Gasteiger partial charge < -0.3 is 19.7 Å². The number of aliphatic hydroxyl groups excluding tert-OH is 1. The van der Waals surface area contributed by atoms with Crippen LogP contribution in [0.4, 0.5) is 0 Å². The van der Waals surface area contributed by atoms with E-state index in [1.54, 1.807) is 10.6 Å². The second-order valence-corrected chi connectivity index (χ2v) is 12.4. The zero-order chi connectivity index (χ0) is 29.8. The third kappa shape index (κ3) is 6.38. The van der Waals surface area contributed by atoms with Crippen molar-refractivity contribution >= 4 is 22.9 Å². The summed E-state index contributed by atoms with van der Waals surface area (Å²) in [5.41, 5.74) is 1.31. The minimum absolute atomic E-state index is 0.00889. The first kappa shape index (κ1) is 29.5. The van der Waals surface area contributed by atoms with Crippen molar-refractivity contribution in [3.05, 3.63) is 76.2 Å². The van der Waals surface area contributed by atoms with Crippen LogP contribution >= 0.6 is 0 Å². The first-order valence-corrected chi connectivity index (χ1v) is 15.9. The molecule has 3 heterocycles. The van der Waals surface area contributed by atoms with Crippen molar-refractivity contribution in [2.24, 2.45) is 0 Å². The Hall–Kier alpha value is -3.56. The highest BCUT2D eigenvalue weighted by molar-refractivity contribution is 5.96. The Balaban J connectivity index is 1.22. The van der Waals surface area contributed by atoms with E-state index in [0.29, 0.717) is 29.2 Å². The average Bonchev–Trinajstić information content (AvgIpc) is 3.26. The molecule has 2 aliphatic heterocycles. The van der Waals surface area contributed by atoms with Crippen LogP contribution in [-0.4, -0.2) is 62.2 Å². The van der Waals surface area contributed by atoms with Gasteiger partial charge in [0.25, 0.3) is 11.5 Å². The fraction of sp³-hybridized carbons (Fsp3) is 0.529. The van der Waals surface area contributed by atoms with Crippen molar-refractivity contribution in [2.75, 3.05) is 6.61 Å².